The molecule has 0 bridgehead atoms. The first kappa shape index (κ1) is 8.30. The summed E-state index contributed by atoms with van der Waals surface area (Å²) in [4.78, 5) is 13.5. The summed E-state index contributed by atoms with van der Waals surface area (Å²) in [6, 6.07) is 6.11. The molecule has 2 heteroatoms. The second-order valence-corrected chi connectivity index (χ2v) is 3.47. The molecule has 0 N–H and O–H groups in total. The van der Waals surface area contributed by atoms with Gasteiger partial charge in [0, 0.05) is 19.2 Å². The summed E-state index contributed by atoms with van der Waals surface area (Å²) >= 11 is 0. The molecule has 2 rings (SSSR count). The van der Waals surface area contributed by atoms with Crippen molar-refractivity contribution in [1.82, 2.24) is 4.90 Å². The van der Waals surface area contributed by atoms with Crippen LogP contribution in [0, 0.1) is 0 Å². The molecule has 0 fully saturated rings. The Bertz CT molecular complexity index is 357. The highest BCUT2D eigenvalue weighted by atomic mass is 16.2. The Balaban J connectivity index is 2.58. The molecule has 13 heavy (non-hydrogen) atoms. The maximum absolute atomic E-state index is 11.7. The molecular weight excluding hydrogens is 162 g/mol. The quantitative estimate of drug-likeness (QED) is 0.637. The summed E-state index contributed by atoms with van der Waals surface area (Å²) in [6.45, 7) is 2.85. The Labute approximate surface area is 78.2 Å². The number of carbonyl (C=O) groups excluding carboxylic acids is 1. The molecule has 1 aromatic rings. The van der Waals surface area contributed by atoms with Crippen LogP contribution in [0.5, 0.6) is 0 Å². The van der Waals surface area contributed by atoms with Crippen LogP contribution in [0.25, 0.3) is 0 Å². The fraction of sp³-hybridized carbons (Fsp3) is 0.364. The zero-order valence-corrected chi connectivity index (χ0v) is 8.00. The van der Waals surface area contributed by atoms with Gasteiger partial charge < -0.3 is 4.90 Å². The molecule has 2 nitrogen and oxygen atoms in total. The standard InChI is InChI=1S/C11H13NO/c1-3-8-5-4-6-9-7-12(2)11(13)10(8)9/h4-6H,3,7H2,1-2H3. The molecular formula is C11H13NO. The molecule has 1 aromatic carbocycles. The number of hydrogen-bond donors (Lipinski definition) is 0. The lowest BCUT2D eigenvalue weighted by atomic mass is 10.0. The monoisotopic (exact) mass is 175 g/mol. The molecule has 0 radical (unpaired) electrons. The van der Waals surface area contributed by atoms with E-state index in [0.717, 1.165) is 18.5 Å². The average Bonchev–Trinajstić information content (AvgIpc) is 2.43. The van der Waals surface area contributed by atoms with E-state index >= 15 is 0 Å². The Morgan fingerprint density at radius 3 is 2.92 bits per heavy atom. The van der Waals surface area contributed by atoms with E-state index in [1.807, 2.05) is 25.2 Å². The molecule has 0 spiro atoms. The number of rotatable bonds is 1. The molecule has 0 saturated heterocycles. The third kappa shape index (κ3) is 1.13. The Morgan fingerprint density at radius 1 is 1.46 bits per heavy atom. The average molecular weight is 175 g/mol. The van der Waals surface area contributed by atoms with Gasteiger partial charge in [-0.1, -0.05) is 25.1 Å². The predicted octanol–water partition coefficient (Wildman–Crippen LogP) is 1.83. The molecule has 1 heterocycles. The van der Waals surface area contributed by atoms with E-state index in [1.54, 1.807) is 4.90 Å². The van der Waals surface area contributed by atoms with Crippen molar-refractivity contribution in [3.63, 3.8) is 0 Å². The number of aryl methyl sites for hydroxylation is 1. The maximum atomic E-state index is 11.7. The molecule has 1 aliphatic rings. The maximum Gasteiger partial charge on any atom is 0.254 e. The third-order valence-corrected chi connectivity index (χ3v) is 2.59. The van der Waals surface area contributed by atoms with Gasteiger partial charge in [-0.25, -0.2) is 0 Å². The molecule has 1 amide bonds. The van der Waals surface area contributed by atoms with Crippen molar-refractivity contribution in [3.05, 3.63) is 34.9 Å². The van der Waals surface area contributed by atoms with Crippen LogP contribution < -0.4 is 0 Å². The van der Waals surface area contributed by atoms with Crippen LogP contribution in [-0.2, 0) is 13.0 Å². The van der Waals surface area contributed by atoms with E-state index in [-0.39, 0.29) is 5.91 Å². The van der Waals surface area contributed by atoms with Gasteiger partial charge in [-0.05, 0) is 17.5 Å². The molecule has 0 aromatic heterocycles. The Hall–Kier alpha value is -1.31. The summed E-state index contributed by atoms with van der Waals surface area (Å²) < 4.78 is 0. The van der Waals surface area contributed by atoms with Gasteiger partial charge in [0.2, 0.25) is 0 Å². The minimum absolute atomic E-state index is 0.174. The molecule has 0 saturated carbocycles. The van der Waals surface area contributed by atoms with Gasteiger partial charge >= 0.3 is 0 Å². The van der Waals surface area contributed by atoms with Crippen molar-refractivity contribution in [3.8, 4) is 0 Å². The van der Waals surface area contributed by atoms with Gasteiger partial charge in [0.15, 0.2) is 0 Å². The summed E-state index contributed by atoms with van der Waals surface area (Å²) in [5.41, 5.74) is 3.28. The van der Waals surface area contributed by atoms with E-state index in [1.165, 1.54) is 11.1 Å². The minimum atomic E-state index is 0.174. The second kappa shape index (κ2) is 2.87. The van der Waals surface area contributed by atoms with Crippen LogP contribution in [0.2, 0.25) is 0 Å². The van der Waals surface area contributed by atoms with Gasteiger partial charge in [-0.3, -0.25) is 4.79 Å². The first-order valence-electron chi connectivity index (χ1n) is 4.60. The number of carbonyl (C=O) groups is 1. The zero-order valence-electron chi connectivity index (χ0n) is 8.00. The van der Waals surface area contributed by atoms with E-state index in [2.05, 4.69) is 6.92 Å². The van der Waals surface area contributed by atoms with Crippen LogP contribution >= 0.6 is 0 Å². The van der Waals surface area contributed by atoms with E-state index in [4.69, 9.17) is 0 Å². The van der Waals surface area contributed by atoms with Crippen molar-refractivity contribution < 1.29 is 4.79 Å². The van der Waals surface area contributed by atoms with E-state index in [0.29, 0.717) is 0 Å². The fourth-order valence-corrected chi connectivity index (χ4v) is 1.87. The van der Waals surface area contributed by atoms with Crippen molar-refractivity contribution in [1.29, 1.82) is 0 Å². The van der Waals surface area contributed by atoms with Gasteiger partial charge in [-0.2, -0.15) is 0 Å². The van der Waals surface area contributed by atoms with Gasteiger partial charge in [0.25, 0.3) is 5.91 Å². The van der Waals surface area contributed by atoms with Gasteiger partial charge in [0.05, 0.1) is 0 Å². The predicted molar refractivity (Wildman–Crippen MR) is 51.6 cm³/mol. The van der Waals surface area contributed by atoms with Gasteiger partial charge in [-0.15, -0.1) is 0 Å². The molecule has 0 atom stereocenters. The summed E-state index contributed by atoms with van der Waals surface area (Å²) in [7, 11) is 1.85. The Kier molecular flexibility index (Phi) is 1.83. The lowest BCUT2D eigenvalue weighted by molar-refractivity contribution is 0.0815. The molecule has 1 aliphatic heterocycles. The van der Waals surface area contributed by atoms with Crippen LogP contribution in [0.1, 0.15) is 28.4 Å². The van der Waals surface area contributed by atoms with E-state index in [9.17, 15) is 4.79 Å². The van der Waals surface area contributed by atoms with Crippen LogP contribution in [-0.4, -0.2) is 17.9 Å². The first-order chi connectivity index (χ1) is 6.24. The zero-order chi connectivity index (χ0) is 9.42. The van der Waals surface area contributed by atoms with Crippen molar-refractivity contribution in [2.75, 3.05) is 7.05 Å². The smallest absolute Gasteiger partial charge is 0.254 e. The Morgan fingerprint density at radius 2 is 2.23 bits per heavy atom. The van der Waals surface area contributed by atoms with Crippen LogP contribution in [0.15, 0.2) is 18.2 Å². The van der Waals surface area contributed by atoms with Crippen molar-refractivity contribution in [2.24, 2.45) is 0 Å². The second-order valence-electron chi connectivity index (χ2n) is 3.47. The summed E-state index contributed by atoms with van der Waals surface area (Å²) in [6.07, 6.45) is 0.933. The molecule has 68 valence electrons. The van der Waals surface area contributed by atoms with Gasteiger partial charge in [0.1, 0.15) is 0 Å². The van der Waals surface area contributed by atoms with E-state index < -0.39 is 0 Å². The number of hydrogen-bond acceptors (Lipinski definition) is 1. The highest BCUT2D eigenvalue weighted by molar-refractivity contribution is 5.99. The number of amides is 1. The van der Waals surface area contributed by atoms with Crippen molar-refractivity contribution >= 4 is 5.91 Å². The lowest BCUT2D eigenvalue weighted by Crippen LogP contribution is -2.18. The highest BCUT2D eigenvalue weighted by Gasteiger charge is 2.25. The van der Waals surface area contributed by atoms with Crippen LogP contribution in [0.4, 0.5) is 0 Å². The number of nitrogens with zero attached hydrogens (tertiary/aromatic N) is 1. The summed E-state index contributed by atoms with van der Waals surface area (Å²) in [5.74, 6) is 0.174. The van der Waals surface area contributed by atoms with Crippen molar-refractivity contribution in [2.45, 2.75) is 19.9 Å². The minimum Gasteiger partial charge on any atom is -0.337 e. The largest absolute Gasteiger partial charge is 0.337 e. The SMILES string of the molecule is CCc1cccc2c1C(=O)N(C)C2. The normalized spacial score (nSPS) is 14.9. The fourth-order valence-electron chi connectivity index (χ4n) is 1.87. The topological polar surface area (TPSA) is 20.3 Å². The summed E-state index contributed by atoms with van der Waals surface area (Å²) in [5, 5.41) is 0. The lowest BCUT2D eigenvalue weighted by Gasteiger charge is -2.06. The molecule has 0 unspecified atom stereocenters. The molecule has 0 aliphatic carbocycles. The first-order valence-corrected chi connectivity index (χ1v) is 4.60. The highest BCUT2D eigenvalue weighted by Crippen LogP contribution is 2.24. The third-order valence-electron chi connectivity index (χ3n) is 2.59. The number of fused-ring (bicyclic) bond motifs is 1. The van der Waals surface area contributed by atoms with Crippen LogP contribution in [0.3, 0.4) is 0 Å². The number of benzene rings is 1.